The van der Waals surface area contributed by atoms with Crippen LogP contribution in [0.2, 0.25) is 0 Å². The van der Waals surface area contributed by atoms with Crippen LogP contribution < -0.4 is 4.74 Å². The summed E-state index contributed by atoms with van der Waals surface area (Å²) in [6.07, 6.45) is 6.30. The van der Waals surface area contributed by atoms with Crippen molar-refractivity contribution in [2.75, 3.05) is 26.7 Å². The molecule has 2 aromatic rings. The minimum absolute atomic E-state index is 0.207. The van der Waals surface area contributed by atoms with Gasteiger partial charge >= 0.3 is 0 Å². The third-order valence-electron chi connectivity index (χ3n) is 6.79. The number of nitrogens with zero attached hydrogens (tertiary/aromatic N) is 3. The second-order valence-electron chi connectivity index (χ2n) is 8.51. The number of H-pyrrole nitrogens is 1. The van der Waals surface area contributed by atoms with Crippen LogP contribution in [0.25, 0.3) is 0 Å². The summed E-state index contributed by atoms with van der Waals surface area (Å²) in [4.78, 5) is 25.4. The van der Waals surface area contributed by atoms with Gasteiger partial charge in [-0.2, -0.15) is 0 Å². The fourth-order valence-electron chi connectivity index (χ4n) is 4.96. The number of benzene rings is 1. The van der Waals surface area contributed by atoms with Crippen molar-refractivity contribution in [3.63, 3.8) is 0 Å². The van der Waals surface area contributed by atoms with E-state index in [1.54, 1.807) is 25.6 Å². The highest BCUT2D eigenvalue weighted by Gasteiger charge is 2.50. The molecule has 3 aliphatic rings. The number of hydrogen-bond acceptors (Lipinski definition) is 4. The first-order valence-corrected chi connectivity index (χ1v) is 10.5. The number of likely N-dealkylation sites (tertiary alicyclic amines) is 1. The topological polar surface area (TPSA) is 61.5 Å². The van der Waals surface area contributed by atoms with Gasteiger partial charge in [-0.05, 0) is 31.7 Å². The summed E-state index contributed by atoms with van der Waals surface area (Å²) >= 11 is 0. The van der Waals surface area contributed by atoms with Crippen LogP contribution >= 0.6 is 0 Å². The molecule has 0 bridgehead atoms. The van der Waals surface area contributed by atoms with Crippen LogP contribution in [0.3, 0.4) is 0 Å². The van der Waals surface area contributed by atoms with Gasteiger partial charge in [-0.1, -0.05) is 6.07 Å². The molecule has 3 heterocycles. The molecule has 2 aliphatic heterocycles. The molecule has 0 atom stereocenters. The standard InChI is InChI=1S/C22H27FN4O2/c1-29-17-5-4-16(18(23)12-17)13-26-10-7-22(8-11-26)20-19(24-14-25-20)6-9-27(22)21(28)15-2-3-15/h4-5,12,14-15H,2-3,6-11,13H2,1H3,(H,24,25). The highest BCUT2D eigenvalue weighted by molar-refractivity contribution is 5.82. The molecule has 7 heteroatoms. The van der Waals surface area contributed by atoms with Gasteiger partial charge in [-0.15, -0.1) is 0 Å². The zero-order chi connectivity index (χ0) is 20.0. The van der Waals surface area contributed by atoms with Crippen LogP contribution in [-0.4, -0.2) is 52.4 Å². The van der Waals surface area contributed by atoms with E-state index in [0.29, 0.717) is 23.8 Å². The van der Waals surface area contributed by atoms with Crippen molar-refractivity contribution >= 4 is 5.91 Å². The van der Waals surface area contributed by atoms with E-state index in [2.05, 4.69) is 19.8 Å². The molecule has 1 amide bonds. The molecule has 1 aromatic heterocycles. The highest BCUT2D eigenvalue weighted by atomic mass is 19.1. The summed E-state index contributed by atoms with van der Waals surface area (Å²) in [6.45, 7) is 2.95. The van der Waals surface area contributed by atoms with Crippen molar-refractivity contribution < 1.29 is 13.9 Å². The molecule has 1 aliphatic carbocycles. The first kappa shape index (κ1) is 18.6. The Morgan fingerprint density at radius 3 is 2.79 bits per heavy atom. The van der Waals surface area contributed by atoms with Crippen molar-refractivity contribution in [1.29, 1.82) is 0 Å². The van der Waals surface area contributed by atoms with Crippen LogP contribution in [0, 0.1) is 11.7 Å². The Labute approximate surface area is 170 Å². The molecule has 1 N–H and O–H groups in total. The fraction of sp³-hybridized carbons (Fsp3) is 0.545. The number of carbonyl (C=O) groups is 1. The smallest absolute Gasteiger partial charge is 0.226 e. The largest absolute Gasteiger partial charge is 0.497 e. The summed E-state index contributed by atoms with van der Waals surface area (Å²) < 4.78 is 19.5. The molecule has 1 saturated heterocycles. The van der Waals surface area contributed by atoms with Crippen LogP contribution in [0.15, 0.2) is 24.5 Å². The first-order valence-electron chi connectivity index (χ1n) is 10.5. The van der Waals surface area contributed by atoms with Crippen molar-refractivity contribution in [2.24, 2.45) is 5.92 Å². The van der Waals surface area contributed by atoms with Crippen LogP contribution in [0.5, 0.6) is 5.75 Å². The van der Waals surface area contributed by atoms with Gasteiger partial charge in [0.2, 0.25) is 5.91 Å². The van der Waals surface area contributed by atoms with Gasteiger partial charge in [0.1, 0.15) is 11.6 Å². The molecule has 6 nitrogen and oxygen atoms in total. The summed E-state index contributed by atoms with van der Waals surface area (Å²) in [5.41, 5.74) is 2.58. The van der Waals surface area contributed by atoms with Crippen molar-refractivity contribution in [3.8, 4) is 5.75 Å². The lowest BCUT2D eigenvalue weighted by Crippen LogP contribution is -2.58. The summed E-state index contributed by atoms with van der Waals surface area (Å²) in [5.74, 6) is 0.806. The molecule has 2 fully saturated rings. The lowest BCUT2D eigenvalue weighted by Gasteiger charge is -2.50. The molecule has 1 saturated carbocycles. The van der Waals surface area contributed by atoms with Crippen molar-refractivity contribution in [2.45, 2.75) is 44.2 Å². The Balaban J connectivity index is 1.35. The van der Waals surface area contributed by atoms with Gasteiger partial charge in [0.05, 0.1) is 24.7 Å². The monoisotopic (exact) mass is 398 g/mol. The van der Waals surface area contributed by atoms with Gasteiger partial charge in [-0.25, -0.2) is 9.37 Å². The molecule has 5 rings (SSSR count). The zero-order valence-electron chi connectivity index (χ0n) is 16.8. The maximum Gasteiger partial charge on any atom is 0.226 e. The van der Waals surface area contributed by atoms with Crippen LogP contribution in [-0.2, 0) is 23.3 Å². The number of amides is 1. The van der Waals surface area contributed by atoms with Crippen LogP contribution in [0.1, 0.15) is 42.6 Å². The summed E-state index contributed by atoms with van der Waals surface area (Å²) in [6, 6.07) is 5.04. The SMILES string of the molecule is COc1ccc(CN2CCC3(CC2)c2nc[nH]c2CCN3C(=O)C2CC2)c(F)c1. The first-order chi connectivity index (χ1) is 14.1. The van der Waals surface area contributed by atoms with E-state index < -0.39 is 0 Å². The number of hydrogen-bond donors (Lipinski definition) is 1. The minimum atomic E-state index is -0.317. The van der Waals surface area contributed by atoms with Crippen molar-refractivity contribution in [1.82, 2.24) is 19.8 Å². The highest BCUT2D eigenvalue weighted by Crippen LogP contribution is 2.45. The average Bonchev–Trinajstić information content (AvgIpc) is 3.48. The number of fused-ring (bicyclic) bond motifs is 2. The average molecular weight is 398 g/mol. The normalized spacial score (nSPS) is 21.2. The Morgan fingerprint density at radius 1 is 1.31 bits per heavy atom. The predicted octanol–water partition coefficient (Wildman–Crippen LogP) is 2.84. The number of methoxy groups -OCH3 is 1. The number of ether oxygens (including phenoxy) is 1. The van der Waals surface area contributed by atoms with Gasteiger partial charge in [-0.3, -0.25) is 9.69 Å². The fourth-order valence-corrected chi connectivity index (χ4v) is 4.96. The van der Waals surface area contributed by atoms with Gasteiger partial charge < -0.3 is 14.6 Å². The quantitative estimate of drug-likeness (QED) is 0.860. The molecule has 1 aromatic carbocycles. The van der Waals surface area contributed by atoms with Crippen LogP contribution in [0.4, 0.5) is 4.39 Å². The molecule has 1 spiro atoms. The molecule has 0 radical (unpaired) electrons. The Hall–Kier alpha value is -2.41. The van der Waals surface area contributed by atoms with E-state index in [9.17, 15) is 9.18 Å². The lowest BCUT2D eigenvalue weighted by molar-refractivity contribution is -0.143. The third-order valence-corrected chi connectivity index (χ3v) is 6.79. The summed E-state index contributed by atoms with van der Waals surface area (Å²) in [5, 5.41) is 0. The Kier molecular flexibility index (Phi) is 4.57. The maximum absolute atomic E-state index is 14.4. The molecule has 29 heavy (non-hydrogen) atoms. The van der Waals surface area contributed by atoms with Gasteiger partial charge in [0, 0.05) is 55.8 Å². The van der Waals surface area contributed by atoms with Gasteiger partial charge in [0.15, 0.2) is 0 Å². The van der Waals surface area contributed by atoms with Gasteiger partial charge in [0.25, 0.3) is 0 Å². The second kappa shape index (κ2) is 7.13. The molecular formula is C22H27FN4O2. The van der Waals surface area contributed by atoms with E-state index in [1.807, 2.05) is 0 Å². The second-order valence-corrected chi connectivity index (χ2v) is 8.51. The van der Waals surface area contributed by atoms with E-state index in [0.717, 1.165) is 57.4 Å². The van der Waals surface area contributed by atoms with E-state index in [1.165, 1.54) is 11.8 Å². The maximum atomic E-state index is 14.4. The summed E-state index contributed by atoms with van der Waals surface area (Å²) in [7, 11) is 1.54. The number of aromatic amines is 1. The lowest BCUT2D eigenvalue weighted by atomic mass is 9.78. The number of carbonyl (C=O) groups excluding carboxylic acids is 1. The third kappa shape index (κ3) is 3.21. The number of rotatable bonds is 4. The van der Waals surface area contributed by atoms with E-state index >= 15 is 0 Å². The number of halogens is 1. The minimum Gasteiger partial charge on any atom is -0.497 e. The molecule has 0 unspecified atom stereocenters. The number of aromatic nitrogens is 2. The van der Waals surface area contributed by atoms with E-state index in [4.69, 9.17) is 4.74 Å². The zero-order valence-corrected chi connectivity index (χ0v) is 16.8. The van der Waals surface area contributed by atoms with E-state index in [-0.39, 0.29) is 17.3 Å². The van der Waals surface area contributed by atoms with Crippen molar-refractivity contribution in [3.05, 3.63) is 47.3 Å². The number of imidazole rings is 1. The Morgan fingerprint density at radius 2 is 2.10 bits per heavy atom. The number of nitrogens with one attached hydrogen (secondary N) is 1. The number of piperidine rings is 1. The molecular weight excluding hydrogens is 371 g/mol. The predicted molar refractivity (Wildman–Crippen MR) is 106 cm³/mol. The molecule has 154 valence electrons. The Bertz CT molecular complexity index is 915.